The number of unbranched alkanes of at least 4 members (excludes halogenated alkanes) is 9. The number of halogens is 1. The molecule has 0 saturated carbocycles. The fraction of sp³-hybridized carbons (Fsp3) is 0.500. The summed E-state index contributed by atoms with van der Waals surface area (Å²) in [6, 6.07) is 14.4. The van der Waals surface area contributed by atoms with E-state index in [4.69, 9.17) is 20.9 Å². The molecule has 34 heavy (non-hydrogen) atoms. The van der Waals surface area contributed by atoms with Crippen molar-refractivity contribution >= 4 is 32.5 Å². The maximum Gasteiger partial charge on any atom is 0.321 e. The van der Waals surface area contributed by atoms with Crippen LogP contribution < -0.4 is 0 Å². The molecule has 2 unspecified atom stereocenters. The van der Waals surface area contributed by atoms with Crippen molar-refractivity contribution < 1.29 is 18.9 Å². The molecule has 0 heterocycles. The molecule has 0 amide bonds. The monoisotopic (exact) mass is 505 g/mol. The Bertz CT molecular complexity index is 836. The molecule has 2 aromatic carbocycles. The molecule has 6 heteroatoms. The Morgan fingerprint density at radius 3 is 1.94 bits per heavy atom. The van der Waals surface area contributed by atoms with Gasteiger partial charge >= 0.3 is 15.1 Å². The minimum Gasteiger partial charge on any atom is -0.465 e. The van der Waals surface area contributed by atoms with E-state index in [1.165, 1.54) is 54.1 Å². The highest BCUT2D eigenvalue weighted by atomic mass is 35.5. The quantitative estimate of drug-likeness (QED) is 0.0802. The number of hydrogen-bond acceptors (Lipinski definition) is 4. The normalized spacial score (nSPS) is 11.3. The van der Waals surface area contributed by atoms with E-state index in [9.17, 15) is 9.59 Å². The van der Waals surface area contributed by atoms with Crippen molar-refractivity contribution in [2.24, 2.45) is 0 Å². The van der Waals surface area contributed by atoms with Crippen molar-refractivity contribution in [2.75, 3.05) is 6.61 Å². The lowest BCUT2D eigenvalue weighted by Crippen LogP contribution is -2.25. The molecule has 4 nitrogen and oxygen atoms in total. The van der Waals surface area contributed by atoms with Gasteiger partial charge in [-0.3, -0.25) is 9.59 Å². The summed E-state index contributed by atoms with van der Waals surface area (Å²) < 4.78 is 13.7. The SMILES string of the molecule is CCCCCCCCCCCCOC(=O)C(C(=O)c1c(C)cccc1Cl)c1ccccc1.O=[PH2+]. The second kappa shape index (κ2) is 18.3. The van der Waals surface area contributed by atoms with Crippen molar-refractivity contribution in [1.82, 2.24) is 0 Å². The zero-order chi connectivity index (χ0) is 25.2. The van der Waals surface area contributed by atoms with Crippen molar-refractivity contribution in [2.45, 2.75) is 84.0 Å². The smallest absolute Gasteiger partial charge is 0.321 e. The van der Waals surface area contributed by atoms with E-state index in [-0.39, 0.29) is 5.78 Å². The van der Waals surface area contributed by atoms with E-state index in [1.54, 1.807) is 24.3 Å². The minimum absolute atomic E-state index is 0.313. The van der Waals surface area contributed by atoms with Crippen molar-refractivity contribution in [3.8, 4) is 0 Å². The summed E-state index contributed by atoms with van der Waals surface area (Å²) in [6.07, 6.45) is 12.2. The van der Waals surface area contributed by atoms with E-state index in [0.717, 1.165) is 24.8 Å². The molecule has 0 radical (unpaired) electrons. The summed E-state index contributed by atoms with van der Waals surface area (Å²) in [5.41, 5.74) is 1.77. The number of esters is 1. The van der Waals surface area contributed by atoms with E-state index in [2.05, 4.69) is 6.92 Å². The number of rotatable bonds is 15. The number of benzene rings is 2. The highest BCUT2D eigenvalue weighted by Gasteiger charge is 2.32. The van der Waals surface area contributed by atoms with Crippen LogP contribution in [0.2, 0.25) is 5.02 Å². The minimum atomic E-state index is -1.00. The Kier molecular flexibility index (Phi) is 16.2. The Balaban J connectivity index is 0.00000281. The maximum absolute atomic E-state index is 13.3. The van der Waals surface area contributed by atoms with Crippen LogP contribution in [0, 0.1) is 6.92 Å². The third kappa shape index (κ3) is 10.5. The number of ether oxygens (including phenoxy) is 1. The second-order valence-electron chi connectivity index (χ2n) is 8.49. The summed E-state index contributed by atoms with van der Waals surface area (Å²) in [7, 11) is 1.17. The largest absolute Gasteiger partial charge is 0.465 e. The third-order valence-electron chi connectivity index (χ3n) is 5.84. The summed E-state index contributed by atoms with van der Waals surface area (Å²) in [5, 5.41) is 0.360. The molecule has 0 aromatic heterocycles. The number of aryl methyl sites for hydroxylation is 1. The predicted molar refractivity (Wildman–Crippen MR) is 143 cm³/mol. The Morgan fingerprint density at radius 1 is 0.824 bits per heavy atom. The van der Waals surface area contributed by atoms with Crippen LogP contribution in [0.15, 0.2) is 48.5 Å². The van der Waals surface area contributed by atoms with Gasteiger partial charge in [-0.25, -0.2) is 0 Å². The van der Waals surface area contributed by atoms with E-state index < -0.39 is 11.9 Å². The molecule has 186 valence electrons. The molecule has 0 aliphatic rings. The Morgan fingerprint density at radius 2 is 1.38 bits per heavy atom. The van der Waals surface area contributed by atoms with E-state index in [1.807, 2.05) is 31.2 Å². The third-order valence-corrected chi connectivity index (χ3v) is 6.16. The summed E-state index contributed by atoms with van der Waals surface area (Å²) in [4.78, 5) is 26.3. The molecule has 0 saturated heterocycles. The number of ketones is 1. The van der Waals surface area contributed by atoms with Gasteiger partial charge < -0.3 is 4.74 Å². The maximum atomic E-state index is 13.3. The first-order valence-electron chi connectivity index (χ1n) is 12.3. The first-order chi connectivity index (χ1) is 16.6. The van der Waals surface area contributed by atoms with Crippen molar-refractivity contribution in [3.05, 3.63) is 70.2 Å². The second-order valence-corrected chi connectivity index (χ2v) is 8.90. The Hall–Kier alpha value is -2.03. The number of hydrogen-bond donors (Lipinski definition) is 0. The van der Waals surface area contributed by atoms with Crippen LogP contribution in [0.25, 0.3) is 0 Å². The summed E-state index contributed by atoms with van der Waals surface area (Å²) in [6.45, 7) is 4.41. The Labute approximate surface area is 212 Å². The van der Waals surface area contributed by atoms with Crippen LogP contribution >= 0.6 is 20.7 Å². The van der Waals surface area contributed by atoms with E-state index in [0.29, 0.717) is 22.8 Å². The number of Topliss-reactive ketones (excluding diaryl/α,β-unsaturated/α-hetero) is 1. The lowest BCUT2D eigenvalue weighted by molar-refractivity contribution is -0.144. The fourth-order valence-corrected chi connectivity index (χ4v) is 4.29. The first-order valence-corrected chi connectivity index (χ1v) is 13.2. The zero-order valence-electron chi connectivity index (χ0n) is 20.6. The molecule has 0 fully saturated rings. The van der Waals surface area contributed by atoms with Crippen LogP contribution in [0.3, 0.4) is 0 Å². The van der Waals surface area contributed by atoms with Gasteiger partial charge in [0.05, 0.1) is 11.6 Å². The molecule has 2 atom stereocenters. The van der Waals surface area contributed by atoms with Crippen molar-refractivity contribution in [1.29, 1.82) is 0 Å². The van der Waals surface area contributed by atoms with Gasteiger partial charge in [0.25, 0.3) is 0 Å². The van der Waals surface area contributed by atoms with Crippen LogP contribution in [-0.2, 0) is 14.1 Å². The molecular weight excluding hydrogens is 467 g/mol. The molecule has 0 bridgehead atoms. The lowest BCUT2D eigenvalue weighted by Gasteiger charge is -2.17. The number of carbonyl (C=O) groups is 2. The van der Waals surface area contributed by atoms with Crippen LogP contribution in [0.1, 0.15) is 98.5 Å². The summed E-state index contributed by atoms with van der Waals surface area (Å²) >= 11 is 6.31. The van der Waals surface area contributed by atoms with Gasteiger partial charge in [-0.15, -0.1) is 0 Å². The molecule has 0 aliphatic carbocycles. The molecule has 0 spiro atoms. The van der Waals surface area contributed by atoms with Crippen molar-refractivity contribution in [3.63, 3.8) is 0 Å². The standard InChI is InChI=1S/C28H37ClO3.H2OP/c1-3-4-5-6-7-8-9-10-11-15-21-32-28(31)26(23-18-13-12-14-19-23)27(30)25-22(2)17-16-20-24(25)29;1-2/h12-14,16-20,26H,3-11,15,21H2,1-2H3;2H2/q;+1. The van der Waals surface area contributed by atoms with Gasteiger partial charge in [-0.05, 0) is 30.5 Å². The predicted octanol–water partition coefficient (Wildman–Crippen LogP) is 8.29. The topological polar surface area (TPSA) is 60.4 Å². The molecular formula is C28H39ClO4P+. The van der Waals surface area contributed by atoms with Gasteiger partial charge in [0.1, 0.15) is 5.92 Å². The van der Waals surface area contributed by atoms with Crippen LogP contribution in [0.4, 0.5) is 0 Å². The van der Waals surface area contributed by atoms with Gasteiger partial charge in [0.15, 0.2) is 5.78 Å². The summed E-state index contributed by atoms with van der Waals surface area (Å²) in [5.74, 6) is -1.82. The zero-order valence-corrected chi connectivity index (χ0v) is 22.5. The van der Waals surface area contributed by atoms with Crippen LogP contribution in [0.5, 0.6) is 0 Å². The average Bonchev–Trinajstić information content (AvgIpc) is 2.84. The molecule has 0 aliphatic heterocycles. The van der Waals surface area contributed by atoms with Gasteiger partial charge in [0.2, 0.25) is 0 Å². The number of carbonyl (C=O) groups excluding carboxylic acids is 2. The van der Waals surface area contributed by atoms with E-state index >= 15 is 0 Å². The molecule has 2 rings (SSSR count). The average molecular weight is 506 g/mol. The van der Waals surface area contributed by atoms with Gasteiger partial charge in [-0.2, -0.15) is 0 Å². The molecule has 2 aromatic rings. The molecule has 0 N–H and O–H groups in total. The van der Waals surface area contributed by atoms with Gasteiger partial charge in [-0.1, -0.05) is 123 Å². The highest BCUT2D eigenvalue weighted by molar-refractivity contribution is 7.00. The van der Waals surface area contributed by atoms with Gasteiger partial charge in [0, 0.05) is 5.56 Å². The highest BCUT2D eigenvalue weighted by Crippen LogP contribution is 2.29. The lowest BCUT2D eigenvalue weighted by atomic mass is 9.89. The fourth-order valence-electron chi connectivity index (χ4n) is 3.97. The van der Waals surface area contributed by atoms with Crippen LogP contribution in [-0.4, -0.2) is 18.4 Å². The first kappa shape index (κ1) is 30.0.